The Balaban J connectivity index is 1.38. The van der Waals surface area contributed by atoms with E-state index in [1.54, 1.807) is 11.3 Å². The minimum atomic E-state index is -0.0389. The summed E-state index contributed by atoms with van der Waals surface area (Å²) in [5.74, 6) is 1.50. The van der Waals surface area contributed by atoms with E-state index in [1.165, 1.54) is 12.8 Å². The van der Waals surface area contributed by atoms with Gasteiger partial charge >= 0.3 is 6.03 Å². The summed E-state index contributed by atoms with van der Waals surface area (Å²) in [4.78, 5) is 21.1. The smallest absolute Gasteiger partial charge is 0.323 e. The average Bonchev–Trinajstić information content (AvgIpc) is 3.19. The first-order valence-electron chi connectivity index (χ1n) is 8.88. The molecule has 2 fully saturated rings. The van der Waals surface area contributed by atoms with Crippen molar-refractivity contribution in [3.05, 3.63) is 23.3 Å². The van der Waals surface area contributed by atoms with Crippen LogP contribution in [0, 0.1) is 12.8 Å². The van der Waals surface area contributed by atoms with Gasteiger partial charge in [0, 0.05) is 43.8 Å². The Labute approximate surface area is 151 Å². The highest BCUT2D eigenvalue weighted by Gasteiger charge is 2.31. The van der Waals surface area contributed by atoms with Crippen molar-refractivity contribution < 1.29 is 4.79 Å². The van der Waals surface area contributed by atoms with Crippen molar-refractivity contribution >= 4 is 28.3 Å². The molecule has 1 N–H and O–H groups in total. The van der Waals surface area contributed by atoms with Crippen LogP contribution in [0.2, 0.25) is 0 Å². The van der Waals surface area contributed by atoms with Crippen molar-refractivity contribution in [2.45, 2.75) is 32.7 Å². The van der Waals surface area contributed by atoms with E-state index in [1.807, 2.05) is 34.1 Å². The van der Waals surface area contributed by atoms with Gasteiger partial charge in [0.25, 0.3) is 0 Å². The number of anilines is 2. The van der Waals surface area contributed by atoms with E-state index in [2.05, 4.69) is 27.2 Å². The van der Waals surface area contributed by atoms with Crippen molar-refractivity contribution in [3.8, 4) is 0 Å². The van der Waals surface area contributed by atoms with Crippen molar-refractivity contribution in [1.29, 1.82) is 0 Å². The molecule has 2 aromatic heterocycles. The molecule has 1 aliphatic heterocycles. The summed E-state index contributed by atoms with van der Waals surface area (Å²) in [7, 11) is 0. The van der Waals surface area contributed by atoms with Crippen LogP contribution in [0.15, 0.2) is 17.6 Å². The number of carbonyl (C=O) groups excluding carboxylic acids is 1. The van der Waals surface area contributed by atoms with Crippen LogP contribution in [0.1, 0.15) is 31.5 Å². The summed E-state index contributed by atoms with van der Waals surface area (Å²) >= 11 is 1.64. The molecule has 25 heavy (non-hydrogen) atoms. The lowest BCUT2D eigenvalue weighted by Gasteiger charge is -2.34. The third-order valence-electron chi connectivity index (χ3n) is 5.04. The molecule has 1 saturated carbocycles. The summed E-state index contributed by atoms with van der Waals surface area (Å²) in [5, 5.41) is 10.7. The molecule has 0 aromatic carbocycles. The van der Waals surface area contributed by atoms with E-state index >= 15 is 0 Å². The van der Waals surface area contributed by atoms with E-state index in [-0.39, 0.29) is 6.03 Å². The summed E-state index contributed by atoms with van der Waals surface area (Å²) in [5.41, 5.74) is 0.941. The second-order valence-corrected chi connectivity index (χ2v) is 7.79. The number of amides is 2. The van der Waals surface area contributed by atoms with Crippen LogP contribution in [0.4, 0.5) is 15.7 Å². The molecule has 4 rings (SSSR count). The van der Waals surface area contributed by atoms with Crippen molar-refractivity contribution in [2.75, 3.05) is 36.4 Å². The van der Waals surface area contributed by atoms with E-state index in [9.17, 15) is 4.79 Å². The Morgan fingerprint density at radius 3 is 2.72 bits per heavy atom. The highest BCUT2D eigenvalue weighted by Crippen LogP contribution is 2.40. The summed E-state index contributed by atoms with van der Waals surface area (Å²) in [6.45, 7) is 7.20. The number of hydrogen-bond donors (Lipinski definition) is 1. The zero-order valence-electron chi connectivity index (χ0n) is 14.7. The third kappa shape index (κ3) is 3.49. The Morgan fingerprint density at radius 2 is 2.08 bits per heavy atom. The Hall–Kier alpha value is -2.09. The zero-order chi connectivity index (χ0) is 17.4. The lowest BCUT2D eigenvalue weighted by Crippen LogP contribution is -2.50. The van der Waals surface area contributed by atoms with Crippen molar-refractivity contribution in [2.24, 2.45) is 5.92 Å². The Bertz CT molecular complexity index is 730. The summed E-state index contributed by atoms with van der Waals surface area (Å²) in [6.07, 6.45) is 4.34. The normalized spacial score (nSPS) is 19.1. The molecule has 2 amide bonds. The molecule has 3 heterocycles. The molecule has 0 spiro atoms. The van der Waals surface area contributed by atoms with Gasteiger partial charge in [-0.1, -0.05) is 0 Å². The number of carbonyl (C=O) groups is 1. The molecular weight excluding hydrogens is 336 g/mol. The number of nitrogens with zero attached hydrogens (tertiary/aromatic N) is 5. The van der Waals surface area contributed by atoms with Crippen LogP contribution in [-0.4, -0.2) is 51.9 Å². The summed E-state index contributed by atoms with van der Waals surface area (Å²) in [6, 6.07) is 2.26. The van der Waals surface area contributed by atoms with Crippen LogP contribution in [0.3, 0.4) is 0 Å². The molecule has 1 saturated heterocycles. The number of rotatable bonds is 4. The quantitative estimate of drug-likeness (QED) is 0.910. The van der Waals surface area contributed by atoms with Crippen LogP contribution < -0.4 is 10.2 Å². The van der Waals surface area contributed by atoms with Gasteiger partial charge in [-0.3, -0.25) is 5.32 Å². The van der Waals surface area contributed by atoms with Gasteiger partial charge in [-0.05, 0) is 32.6 Å². The Kier molecular flexibility index (Phi) is 4.37. The van der Waals surface area contributed by atoms with Gasteiger partial charge in [0.2, 0.25) is 0 Å². The number of urea groups is 1. The molecule has 7 nitrogen and oxygen atoms in total. The standard InChI is InChI=1S/C17H24N6OS/c1-12-11-15(23(20-12)13(2)14-3-4-14)19-16(24)21-6-8-22(9-7-21)17-18-5-10-25-17/h5,10-11,13-14H,3-4,6-9H2,1-2H3,(H,19,24). The summed E-state index contributed by atoms with van der Waals surface area (Å²) < 4.78 is 1.98. The maximum atomic E-state index is 12.7. The SMILES string of the molecule is Cc1cc(NC(=O)N2CCN(c3nccs3)CC2)n(C(C)C2CC2)n1. The second kappa shape index (κ2) is 6.67. The van der Waals surface area contributed by atoms with Gasteiger partial charge in [0.1, 0.15) is 5.82 Å². The highest BCUT2D eigenvalue weighted by molar-refractivity contribution is 7.13. The molecule has 2 aromatic rings. The van der Waals surface area contributed by atoms with Crippen molar-refractivity contribution in [1.82, 2.24) is 19.7 Å². The van der Waals surface area contributed by atoms with Crippen LogP contribution in [-0.2, 0) is 0 Å². The lowest BCUT2D eigenvalue weighted by molar-refractivity contribution is 0.208. The van der Waals surface area contributed by atoms with Crippen molar-refractivity contribution in [3.63, 3.8) is 0 Å². The first-order chi connectivity index (χ1) is 12.1. The largest absolute Gasteiger partial charge is 0.345 e. The molecule has 1 atom stereocenters. The van der Waals surface area contributed by atoms with Crippen LogP contribution in [0.25, 0.3) is 0 Å². The molecule has 134 valence electrons. The number of hydrogen-bond acceptors (Lipinski definition) is 5. The monoisotopic (exact) mass is 360 g/mol. The highest BCUT2D eigenvalue weighted by atomic mass is 32.1. The van der Waals surface area contributed by atoms with Crippen LogP contribution >= 0.6 is 11.3 Å². The predicted molar refractivity (Wildman–Crippen MR) is 99.3 cm³/mol. The number of aromatic nitrogens is 3. The van der Waals surface area contributed by atoms with Gasteiger partial charge < -0.3 is 9.80 Å². The first-order valence-corrected chi connectivity index (χ1v) is 9.76. The number of piperazine rings is 1. The molecule has 8 heteroatoms. The second-order valence-electron chi connectivity index (χ2n) is 6.91. The van der Waals surface area contributed by atoms with E-state index in [4.69, 9.17) is 0 Å². The molecular formula is C17H24N6OS. The van der Waals surface area contributed by atoms with Gasteiger partial charge in [0.05, 0.1) is 11.7 Å². The van der Waals surface area contributed by atoms with Gasteiger partial charge in [0.15, 0.2) is 5.13 Å². The molecule has 0 radical (unpaired) electrons. The number of aryl methyl sites for hydroxylation is 1. The minimum Gasteiger partial charge on any atom is -0.345 e. The fraction of sp³-hybridized carbons (Fsp3) is 0.588. The van der Waals surface area contributed by atoms with Gasteiger partial charge in [-0.15, -0.1) is 11.3 Å². The van der Waals surface area contributed by atoms with Crippen LogP contribution in [0.5, 0.6) is 0 Å². The third-order valence-corrected chi connectivity index (χ3v) is 5.87. The number of thiazole rings is 1. The lowest BCUT2D eigenvalue weighted by atomic mass is 10.2. The number of nitrogens with one attached hydrogen (secondary N) is 1. The predicted octanol–water partition coefficient (Wildman–Crippen LogP) is 2.97. The molecule has 2 aliphatic rings. The first kappa shape index (κ1) is 16.4. The minimum absolute atomic E-state index is 0.0389. The molecule has 1 aliphatic carbocycles. The van der Waals surface area contributed by atoms with E-state index in [0.29, 0.717) is 25.0 Å². The molecule has 0 bridgehead atoms. The maximum Gasteiger partial charge on any atom is 0.323 e. The molecule has 1 unspecified atom stereocenters. The Morgan fingerprint density at radius 1 is 1.32 bits per heavy atom. The average molecular weight is 360 g/mol. The van der Waals surface area contributed by atoms with Gasteiger partial charge in [-0.2, -0.15) is 5.10 Å². The maximum absolute atomic E-state index is 12.7. The van der Waals surface area contributed by atoms with E-state index < -0.39 is 0 Å². The zero-order valence-corrected chi connectivity index (χ0v) is 15.5. The fourth-order valence-corrected chi connectivity index (χ4v) is 4.06. The fourth-order valence-electron chi connectivity index (χ4n) is 3.36. The topological polar surface area (TPSA) is 66.3 Å². The van der Waals surface area contributed by atoms with E-state index in [0.717, 1.165) is 29.7 Å². The van der Waals surface area contributed by atoms with Gasteiger partial charge in [-0.25, -0.2) is 14.5 Å².